The molecule has 0 fully saturated rings. The van der Waals surface area contributed by atoms with Crippen LogP contribution in [0.1, 0.15) is 11.1 Å². The summed E-state index contributed by atoms with van der Waals surface area (Å²) in [6.45, 7) is 4.10. The number of hydrogen-bond donors (Lipinski definition) is 0. The first-order chi connectivity index (χ1) is 11.7. The van der Waals surface area contributed by atoms with Crippen LogP contribution in [0.5, 0.6) is 11.5 Å². The van der Waals surface area contributed by atoms with Gasteiger partial charge in [-0.1, -0.05) is 35.4 Å². The van der Waals surface area contributed by atoms with E-state index in [4.69, 9.17) is 9.47 Å². The number of nitrogens with zero attached hydrogens (tertiary/aromatic N) is 2. The molecule has 0 saturated heterocycles. The molecule has 0 amide bonds. The lowest BCUT2D eigenvalue weighted by Crippen LogP contribution is -2.05. The highest BCUT2D eigenvalue weighted by Gasteiger charge is 2.28. The third kappa shape index (κ3) is 3.53. The van der Waals surface area contributed by atoms with Gasteiger partial charge in [0, 0.05) is 21.6 Å². The van der Waals surface area contributed by atoms with E-state index in [9.17, 15) is 0 Å². The summed E-state index contributed by atoms with van der Waals surface area (Å²) in [4.78, 5) is 8.94. The molecule has 122 valence electrons. The van der Waals surface area contributed by atoms with Crippen LogP contribution < -0.4 is 9.47 Å². The van der Waals surface area contributed by atoms with Gasteiger partial charge in [0.15, 0.2) is 0 Å². The molecule has 0 aromatic heterocycles. The van der Waals surface area contributed by atoms with Gasteiger partial charge in [-0.2, -0.15) is 9.98 Å². The summed E-state index contributed by atoms with van der Waals surface area (Å²) < 4.78 is 11.6. The summed E-state index contributed by atoms with van der Waals surface area (Å²) in [5.41, 5.74) is 2.41. The molecule has 2 aliphatic heterocycles. The fourth-order valence-electron chi connectivity index (χ4n) is 2.01. The van der Waals surface area contributed by atoms with Crippen molar-refractivity contribution in [1.29, 1.82) is 0 Å². The largest absolute Gasteiger partial charge is 0.433 e. The molecule has 0 unspecified atom stereocenters. The highest BCUT2D eigenvalue weighted by Crippen LogP contribution is 2.53. The van der Waals surface area contributed by atoms with Gasteiger partial charge >= 0.3 is 0 Å². The second-order valence-electron chi connectivity index (χ2n) is 5.27. The molecule has 0 spiro atoms. The van der Waals surface area contributed by atoms with Gasteiger partial charge in [0.25, 0.3) is 10.5 Å². The number of aliphatic imine (C=N–C) groups is 2. The maximum atomic E-state index is 5.81. The molecule has 0 aliphatic carbocycles. The third-order valence-electron chi connectivity index (χ3n) is 3.27. The van der Waals surface area contributed by atoms with Gasteiger partial charge in [-0.15, -0.1) is 0 Å². The Kier molecular flexibility index (Phi) is 4.39. The number of aryl methyl sites for hydroxylation is 2. The Labute approximate surface area is 150 Å². The lowest BCUT2D eigenvalue weighted by atomic mass is 10.2. The quantitative estimate of drug-likeness (QED) is 0.538. The fourth-order valence-corrected chi connectivity index (χ4v) is 6.94. The molecule has 2 aromatic rings. The SMILES string of the molecule is Cc1ccc(OC2=NC3=S(S2)SC(Oc2ccc(C)cc2)=N3)cc1. The van der Waals surface area contributed by atoms with Gasteiger partial charge in [0.05, 0.1) is 0 Å². The van der Waals surface area contributed by atoms with Crippen molar-refractivity contribution in [3.8, 4) is 11.5 Å². The van der Waals surface area contributed by atoms with Crippen molar-refractivity contribution in [2.24, 2.45) is 9.98 Å². The summed E-state index contributed by atoms with van der Waals surface area (Å²) in [5.74, 6) is 1.59. The van der Waals surface area contributed by atoms with Gasteiger partial charge in [-0.3, -0.25) is 0 Å². The highest BCUT2D eigenvalue weighted by atomic mass is 33.5. The number of rotatable bonds is 2. The van der Waals surface area contributed by atoms with E-state index < -0.39 is 0 Å². The molecule has 2 aliphatic rings. The third-order valence-corrected chi connectivity index (χ3v) is 8.57. The molecule has 2 aromatic carbocycles. The normalized spacial score (nSPS) is 16.7. The summed E-state index contributed by atoms with van der Waals surface area (Å²) in [5, 5.41) is 2.06. The van der Waals surface area contributed by atoms with Crippen LogP contribution >= 0.6 is 30.1 Å². The first-order valence-corrected chi connectivity index (χ1v) is 11.2. The van der Waals surface area contributed by atoms with Gasteiger partial charge in [-0.25, -0.2) is 0 Å². The predicted octanol–water partition coefficient (Wildman–Crippen LogP) is 5.15. The average Bonchev–Trinajstić information content (AvgIpc) is 3.10. The molecule has 0 N–H and O–H groups in total. The molecule has 7 heteroatoms. The fraction of sp³-hybridized carbons (Fsp3) is 0.118. The van der Waals surface area contributed by atoms with Crippen LogP contribution in [0.15, 0.2) is 58.5 Å². The van der Waals surface area contributed by atoms with E-state index in [2.05, 4.69) is 9.98 Å². The zero-order valence-corrected chi connectivity index (χ0v) is 15.5. The number of ether oxygens (including phenoxy) is 2. The van der Waals surface area contributed by atoms with Gasteiger partial charge in [0.2, 0.25) is 5.11 Å². The smallest absolute Gasteiger partial charge is 0.269 e. The van der Waals surface area contributed by atoms with Crippen LogP contribution in [0.25, 0.3) is 0 Å². The van der Waals surface area contributed by atoms with E-state index in [1.165, 1.54) is 11.1 Å². The van der Waals surface area contributed by atoms with Crippen molar-refractivity contribution >= 4 is 45.7 Å². The molecular weight excluding hydrogens is 360 g/mol. The summed E-state index contributed by atoms with van der Waals surface area (Å²) in [7, 11) is 2.98. The molecule has 4 rings (SSSR count). The van der Waals surface area contributed by atoms with Crippen molar-refractivity contribution in [3.05, 3.63) is 59.7 Å². The van der Waals surface area contributed by atoms with Gasteiger partial charge in [0.1, 0.15) is 11.5 Å². The highest BCUT2D eigenvalue weighted by molar-refractivity contribution is 9.20. The first-order valence-electron chi connectivity index (χ1n) is 7.30. The Hall–Kier alpha value is -1.70. The van der Waals surface area contributed by atoms with E-state index in [-0.39, 0.29) is 8.55 Å². The van der Waals surface area contributed by atoms with Crippen molar-refractivity contribution in [1.82, 2.24) is 0 Å². The standard InChI is InChI=1S/C17H14N2O2S3/c1-11-3-7-13(8-4-11)20-16-18-15-19-17(23-24(15)22-16)21-14-9-5-12(2)6-10-14/h3-10H,1-2H3. The minimum absolute atomic E-state index is 0.192. The molecule has 0 radical (unpaired) electrons. The predicted molar refractivity (Wildman–Crippen MR) is 106 cm³/mol. The minimum atomic E-state index is -0.192. The Balaban J connectivity index is 1.41. The second-order valence-corrected chi connectivity index (χ2v) is 10.8. The van der Waals surface area contributed by atoms with Crippen molar-refractivity contribution < 1.29 is 9.47 Å². The number of hydrogen-bond acceptors (Lipinski definition) is 6. The molecule has 4 nitrogen and oxygen atoms in total. The molecular formula is C17H14N2O2S3. The topological polar surface area (TPSA) is 43.2 Å². The average molecular weight is 375 g/mol. The van der Waals surface area contributed by atoms with Crippen LogP contribution in [0.2, 0.25) is 0 Å². The van der Waals surface area contributed by atoms with E-state index in [1.54, 1.807) is 21.6 Å². The maximum Gasteiger partial charge on any atom is 0.269 e. The Morgan fingerprint density at radius 3 is 1.50 bits per heavy atom. The maximum absolute atomic E-state index is 5.81. The molecule has 0 bridgehead atoms. The molecule has 0 saturated carbocycles. The van der Waals surface area contributed by atoms with E-state index in [1.807, 2.05) is 62.4 Å². The zero-order chi connectivity index (χ0) is 16.5. The van der Waals surface area contributed by atoms with Crippen LogP contribution in [0.3, 0.4) is 0 Å². The van der Waals surface area contributed by atoms with Gasteiger partial charge in [-0.05, 0) is 46.7 Å². The zero-order valence-electron chi connectivity index (χ0n) is 13.1. The Morgan fingerprint density at radius 2 is 1.12 bits per heavy atom. The van der Waals surface area contributed by atoms with E-state index in [0.717, 1.165) is 16.6 Å². The van der Waals surface area contributed by atoms with Crippen molar-refractivity contribution in [2.45, 2.75) is 13.8 Å². The van der Waals surface area contributed by atoms with Crippen LogP contribution in [0, 0.1) is 13.8 Å². The lowest BCUT2D eigenvalue weighted by Gasteiger charge is -2.07. The molecule has 24 heavy (non-hydrogen) atoms. The van der Waals surface area contributed by atoms with Gasteiger partial charge < -0.3 is 9.47 Å². The van der Waals surface area contributed by atoms with Crippen LogP contribution in [-0.2, 0) is 0 Å². The monoisotopic (exact) mass is 374 g/mol. The van der Waals surface area contributed by atoms with Crippen molar-refractivity contribution in [2.75, 3.05) is 0 Å². The number of benzene rings is 2. The summed E-state index contributed by atoms with van der Waals surface area (Å²) >= 11 is 0. The summed E-state index contributed by atoms with van der Waals surface area (Å²) in [6.07, 6.45) is 0. The Bertz CT molecular complexity index is 800. The van der Waals surface area contributed by atoms with Crippen molar-refractivity contribution in [3.63, 3.8) is 0 Å². The van der Waals surface area contributed by atoms with Crippen LogP contribution in [-0.4, -0.2) is 15.6 Å². The summed E-state index contributed by atoms with van der Waals surface area (Å²) in [6, 6.07) is 15.9. The lowest BCUT2D eigenvalue weighted by molar-refractivity contribution is 0.566. The van der Waals surface area contributed by atoms with E-state index in [0.29, 0.717) is 10.5 Å². The van der Waals surface area contributed by atoms with E-state index >= 15 is 0 Å². The first kappa shape index (κ1) is 15.8. The second kappa shape index (κ2) is 6.66. The molecule has 0 atom stereocenters. The Morgan fingerprint density at radius 1 is 0.708 bits per heavy atom. The minimum Gasteiger partial charge on any atom is -0.433 e. The molecule has 2 heterocycles. The van der Waals surface area contributed by atoms with Crippen LogP contribution in [0.4, 0.5) is 0 Å².